The Morgan fingerprint density at radius 2 is 1.11 bits per heavy atom. The number of rotatable bonds is 15. The number of thioether (sulfide) groups is 1. The quantitative estimate of drug-likeness (QED) is 0.138. The maximum Gasteiger partial charge on any atom is 0.222 e. The normalized spacial score (nSPS) is 11.2. The van der Waals surface area contributed by atoms with Gasteiger partial charge >= 0.3 is 0 Å². The number of ketones is 2. The van der Waals surface area contributed by atoms with Crippen molar-refractivity contribution in [3.8, 4) is 0 Å². The third-order valence-corrected chi connectivity index (χ3v) is 10.7. The molecule has 0 unspecified atom stereocenters. The summed E-state index contributed by atoms with van der Waals surface area (Å²) >= 11 is 1.72. The third-order valence-electron chi connectivity index (χ3n) is 6.07. The summed E-state index contributed by atoms with van der Waals surface area (Å²) in [5, 5.41) is 13.0. The van der Waals surface area contributed by atoms with Crippen molar-refractivity contribution in [2.75, 3.05) is 5.75 Å². The number of amides is 1. The molecule has 11 heteroatoms. The van der Waals surface area contributed by atoms with Crippen molar-refractivity contribution in [1.29, 1.82) is 0 Å². The van der Waals surface area contributed by atoms with Gasteiger partial charge in [0.25, 0.3) is 0 Å². The minimum Gasteiger partial charge on any atom is -0.354 e. The molecule has 1 heterocycles. The van der Waals surface area contributed by atoms with Gasteiger partial charge in [0.05, 0.1) is 11.4 Å². The Hall–Kier alpha value is -1.33. The van der Waals surface area contributed by atoms with E-state index in [1.54, 1.807) is 11.8 Å². The lowest BCUT2D eigenvalue weighted by molar-refractivity contribution is -0.125. The van der Waals surface area contributed by atoms with Crippen LogP contribution >= 0.6 is 33.3 Å². The molecule has 1 N–H and O–H groups in total. The van der Waals surface area contributed by atoms with E-state index in [0.717, 1.165) is 16.2 Å². The molecule has 0 saturated heterocycles. The van der Waals surface area contributed by atoms with Crippen molar-refractivity contribution >= 4 is 57.0 Å². The third kappa shape index (κ3) is 48.7. The van der Waals surface area contributed by atoms with Crippen molar-refractivity contribution in [1.82, 2.24) is 20.3 Å². The monoisotopic (exact) mass is 820 g/mol. The molecule has 0 aromatic carbocycles. The van der Waals surface area contributed by atoms with Crippen LogP contribution in [0.4, 0.5) is 0 Å². The van der Waals surface area contributed by atoms with E-state index >= 15 is 0 Å². The van der Waals surface area contributed by atoms with Crippen molar-refractivity contribution in [3.63, 3.8) is 0 Å². The van der Waals surface area contributed by atoms with Gasteiger partial charge in [0.2, 0.25) is 5.91 Å². The summed E-state index contributed by atoms with van der Waals surface area (Å²) in [7, 11) is 3.91. The lowest BCUT2D eigenvalue weighted by atomic mass is 9.99. The minimum absolute atomic E-state index is 0.104. The molecular formula is C43H89N5O3S3. The van der Waals surface area contributed by atoms with E-state index in [9.17, 15) is 14.4 Å². The van der Waals surface area contributed by atoms with E-state index in [4.69, 9.17) is 0 Å². The van der Waals surface area contributed by atoms with Crippen molar-refractivity contribution < 1.29 is 14.4 Å². The molecule has 1 aromatic rings. The Morgan fingerprint density at radius 3 is 1.28 bits per heavy atom. The Bertz CT molecular complexity index is 1010. The molecule has 0 radical (unpaired) electrons. The zero-order valence-corrected chi connectivity index (χ0v) is 42.0. The summed E-state index contributed by atoms with van der Waals surface area (Å²) in [6.45, 7) is 49.3. The second-order valence-electron chi connectivity index (χ2n) is 16.8. The molecule has 8 nitrogen and oxygen atoms in total. The standard InChI is InChI=1S/C8H15N3.C8H16OS.C7H15NO.C7H15N.C7H14O.C6H14S2/c1-6(2)8-5-11(7(3)4)10-9-8;1-6(2)8(9)5-10-7(3)4;1-5(2)7(9)8-6(3)4;1-6(2)5-8-7(3)4;1-5(2)7(8)6(3)4;1-5(2)7-8-6(3)4/h5-7H,1-4H3;6-7H,5H2,1-4H3;5-6H,1-4H3,(H,8,9);5-7H,1-4H3;2*5-6H,1-4H3. The van der Waals surface area contributed by atoms with Gasteiger partial charge in [-0.2, -0.15) is 11.8 Å². The number of Topliss-reactive ketones (excluding diaryl/α,β-unsaturated/α-hetero) is 2. The first-order chi connectivity index (χ1) is 24.5. The highest BCUT2D eigenvalue weighted by molar-refractivity contribution is 8.77. The number of aliphatic imine (C=N–C) groups is 1. The molecular weight excluding hydrogens is 731 g/mol. The van der Waals surface area contributed by atoms with Crippen LogP contribution in [0.15, 0.2) is 11.2 Å². The SMILES string of the molecule is CC(C)C(=O)C(C)C.CC(C)C=NC(C)C.CC(C)NC(=O)C(C)C.CC(C)SCC(=O)C(C)C.CC(C)SSC(C)C.CC(C)c1cn(C(C)C)nn1. The van der Waals surface area contributed by atoms with Crippen LogP contribution in [0.25, 0.3) is 0 Å². The molecule has 1 amide bonds. The molecule has 0 atom stereocenters. The van der Waals surface area contributed by atoms with E-state index in [2.05, 4.69) is 118 Å². The Labute approximate surface area is 348 Å². The summed E-state index contributed by atoms with van der Waals surface area (Å²) in [5.74, 6) is 3.30. The number of nitrogens with zero attached hydrogens (tertiary/aromatic N) is 4. The van der Waals surface area contributed by atoms with Crippen molar-refractivity contribution in [3.05, 3.63) is 11.9 Å². The van der Waals surface area contributed by atoms with Gasteiger partial charge in [0, 0.05) is 64.7 Å². The number of hydrogen-bond donors (Lipinski definition) is 1. The number of nitrogens with one attached hydrogen (secondary N) is 1. The molecule has 322 valence electrons. The van der Waals surface area contributed by atoms with Gasteiger partial charge in [-0.25, -0.2) is 4.68 Å². The molecule has 0 aliphatic heterocycles. The second kappa shape index (κ2) is 37.3. The maximum absolute atomic E-state index is 11.0. The number of aromatic nitrogens is 3. The molecule has 0 fully saturated rings. The highest BCUT2D eigenvalue weighted by atomic mass is 33.1. The van der Waals surface area contributed by atoms with Gasteiger partial charge in [-0.1, -0.05) is 151 Å². The van der Waals surface area contributed by atoms with Crippen molar-refractivity contribution in [2.45, 2.75) is 206 Å². The highest BCUT2D eigenvalue weighted by Crippen LogP contribution is 2.29. The topological polar surface area (TPSA) is 106 Å². The minimum atomic E-state index is 0.104. The van der Waals surface area contributed by atoms with Gasteiger partial charge < -0.3 is 5.32 Å². The van der Waals surface area contributed by atoms with Crippen LogP contribution in [0.5, 0.6) is 0 Å². The molecule has 0 spiro atoms. The van der Waals surface area contributed by atoms with E-state index in [-0.39, 0.29) is 35.6 Å². The predicted molar refractivity (Wildman–Crippen MR) is 249 cm³/mol. The molecule has 0 aliphatic rings. The zero-order chi connectivity index (χ0) is 43.9. The number of hydrogen-bond acceptors (Lipinski definition) is 9. The fourth-order valence-electron chi connectivity index (χ4n) is 2.91. The van der Waals surface area contributed by atoms with Gasteiger partial charge in [-0.05, 0) is 58.6 Å². The van der Waals surface area contributed by atoms with Crippen molar-refractivity contribution in [2.24, 2.45) is 34.6 Å². The number of carbonyl (C=O) groups excluding carboxylic acids is 3. The number of carbonyl (C=O) groups is 3. The molecule has 1 aromatic heterocycles. The van der Waals surface area contributed by atoms with E-state index in [0.29, 0.717) is 46.5 Å². The van der Waals surface area contributed by atoms with Crippen LogP contribution in [0.1, 0.15) is 184 Å². The molecule has 0 bridgehead atoms. The van der Waals surface area contributed by atoms with Crippen LogP contribution in [-0.2, 0) is 14.4 Å². The molecule has 0 saturated carbocycles. The summed E-state index contributed by atoms with van der Waals surface area (Å²) in [6, 6.07) is 1.13. The molecule has 54 heavy (non-hydrogen) atoms. The Morgan fingerprint density at radius 1 is 0.667 bits per heavy atom. The Kier molecular flexibility index (Phi) is 42.7. The smallest absolute Gasteiger partial charge is 0.222 e. The van der Waals surface area contributed by atoms with Crippen LogP contribution in [0.3, 0.4) is 0 Å². The summed E-state index contributed by atoms with van der Waals surface area (Å²) in [4.78, 5) is 36.9. The van der Waals surface area contributed by atoms with Crippen LogP contribution in [0, 0.1) is 29.6 Å². The first-order valence-corrected chi connectivity index (χ1v) is 23.6. The van der Waals surface area contributed by atoms with Gasteiger partial charge in [0.1, 0.15) is 11.6 Å². The first-order valence-electron chi connectivity index (χ1n) is 20.2. The summed E-state index contributed by atoms with van der Waals surface area (Å²) in [5.41, 5.74) is 1.07. The lowest BCUT2D eigenvalue weighted by Gasteiger charge is -2.09. The summed E-state index contributed by atoms with van der Waals surface area (Å²) in [6.07, 6.45) is 4.00. The van der Waals surface area contributed by atoms with E-state index in [1.807, 2.05) is 108 Å². The maximum atomic E-state index is 11.0. The highest BCUT2D eigenvalue weighted by Gasteiger charge is 2.10. The molecule has 1 rings (SSSR count). The first kappa shape index (κ1) is 61.9. The van der Waals surface area contributed by atoms with Gasteiger partial charge in [-0.15, -0.1) is 5.10 Å². The zero-order valence-electron chi connectivity index (χ0n) is 39.5. The van der Waals surface area contributed by atoms with Gasteiger partial charge in [-0.3, -0.25) is 19.4 Å². The fourth-order valence-corrected chi connectivity index (χ4v) is 5.52. The average molecular weight is 820 g/mol. The fraction of sp³-hybridized carbons (Fsp3) is 0.860. The Balaban J connectivity index is -0.000000179. The van der Waals surface area contributed by atoms with E-state index in [1.165, 1.54) is 0 Å². The van der Waals surface area contributed by atoms with Crippen LogP contribution in [-0.4, -0.2) is 72.3 Å². The largest absolute Gasteiger partial charge is 0.354 e. The van der Waals surface area contributed by atoms with Crippen LogP contribution in [0.2, 0.25) is 0 Å². The van der Waals surface area contributed by atoms with Crippen LogP contribution < -0.4 is 5.32 Å². The predicted octanol–water partition coefficient (Wildman–Crippen LogP) is 12.7. The molecule has 0 aliphatic carbocycles. The van der Waals surface area contributed by atoms with E-state index < -0.39 is 0 Å². The second-order valence-corrected chi connectivity index (χ2v) is 21.8. The summed E-state index contributed by atoms with van der Waals surface area (Å²) < 4.78 is 1.88. The van der Waals surface area contributed by atoms with Gasteiger partial charge in [0.15, 0.2) is 0 Å². The average Bonchev–Trinajstić information content (AvgIpc) is 3.54. The lowest BCUT2D eigenvalue weighted by Crippen LogP contribution is -2.33.